The number of aliphatic hydroxyl groups excluding tert-OH is 1. The van der Waals surface area contributed by atoms with Gasteiger partial charge in [-0.05, 0) is 61.9 Å². The number of nitrogens with zero attached hydrogens (tertiary/aromatic N) is 3. The molecule has 1 unspecified atom stereocenters. The Kier molecular flexibility index (Phi) is 12.4. The molecule has 1 aromatic heterocycles. The molecule has 8 heteroatoms. The number of aliphatic hydroxyl groups is 1. The van der Waals surface area contributed by atoms with Crippen molar-refractivity contribution in [2.75, 3.05) is 26.8 Å². The number of aromatic nitrogens is 2. The molecule has 0 spiro atoms. The molecule has 2 rings (SSSR count). The van der Waals surface area contributed by atoms with Gasteiger partial charge in [0.05, 0.1) is 25.0 Å². The third-order valence-corrected chi connectivity index (χ3v) is 4.62. The number of guanidine groups is 1. The molecular formula is C22H36IN5O2. The summed E-state index contributed by atoms with van der Waals surface area (Å²) in [5.74, 6) is 2.63. The molecule has 0 saturated carbocycles. The van der Waals surface area contributed by atoms with Gasteiger partial charge in [0.1, 0.15) is 5.75 Å². The topological polar surface area (TPSA) is 83.7 Å². The first-order valence-electron chi connectivity index (χ1n) is 10.4. The minimum atomic E-state index is 0. The first kappa shape index (κ1) is 26.2. The second kappa shape index (κ2) is 14.2. The van der Waals surface area contributed by atoms with Crippen molar-refractivity contribution in [3.05, 3.63) is 42.2 Å². The zero-order valence-electron chi connectivity index (χ0n) is 18.5. The Hall–Kier alpha value is -1.81. The lowest BCUT2D eigenvalue weighted by molar-refractivity contribution is 0.243. The number of benzene rings is 1. The molecule has 1 aromatic carbocycles. The quantitative estimate of drug-likeness (QED) is 0.236. The Morgan fingerprint density at radius 1 is 1.20 bits per heavy atom. The summed E-state index contributed by atoms with van der Waals surface area (Å²) in [6.45, 7) is 8.77. The van der Waals surface area contributed by atoms with Crippen LogP contribution in [0.15, 0.2) is 41.5 Å². The van der Waals surface area contributed by atoms with Gasteiger partial charge < -0.3 is 20.5 Å². The van der Waals surface area contributed by atoms with Gasteiger partial charge in [-0.15, -0.1) is 24.0 Å². The third kappa shape index (κ3) is 8.91. The first-order valence-corrected chi connectivity index (χ1v) is 10.4. The lowest BCUT2D eigenvalue weighted by Gasteiger charge is -2.20. The fourth-order valence-electron chi connectivity index (χ4n) is 3.22. The highest BCUT2D eigenvalue weighted by molar-refractivity contribution is 14.0. The Morgan fingerprint density at radius 3 is 2.53 bits per heavy atom. The van der Waals surface area contributed by atoms with Gasteiger partial charge in [-0.1, -0.05) is 13.8 Å². The highest BCUT2D eigenvalue weighted by Crippen LogP contribution is 2.15. The van der Waals surface area contributed by atoms with Crippen molar-refractivity contribution in [2.45, 2.75) is 40.2 Å². The SMILES string of the molecule is CCNC(=NCc1ccn(-c2ccc(OC)cc2)n1)NCC(CCO)CC(C)C.I. The van der Waals surface area contributed by atoms with Crippen molar-refractivity contribution in [3.8, 4) is 11.4 Å². The predicted octanol–water partition coefficient (Wildman–Crippen LogP) is 3.60. The smallest absolute Gasteiger partial charge is 0.191 e. The number of hydrogen-bond acceptors (Lipinski definition) is 4. The second-order valence-electron chi connectivity index (χ2n) is 7.53. The summed E-state index contributed by atoms with van der Waals surface area (Å²) in [6.07, 6.45) is 3.82. The average molecular weight is 529 g/mol. The number of rotatable bonds is 11. The van der Waals surface area contributed by atoms with E-state index in [9.17, 15) is 5.11 Å². The maximum atomic E-state index is 9.30. The summed E-state index contributed by atoms with van der Waals surface area (Å²) in [5, 5.41) is 20.6. The summed E-state index contributed by atoms with van der Waals surface area (Å²) in [4.78, 5) is 4.67. The van der Waals surface area contributed by atoms with E-state index in [2.05, 4.69) is 41.5 Å². The van der Waals surface area contributed by atoms with Crippen LogP contribution in [0, 0.1) is 11.8 Å². The molecule has 1 heterocycles. The molecule has 168 valence electrons. The minimum absolute atomic E-state index is 0. The third-order valence-electron chi connectivity index (χ3n) is 4.62. The van der Waals surface area contributed by atoms with E-state index in [1.54, 1.807) is 7.11 Å². The van der Waals surface area contributed by atoms with Gasteiger partial charge in [0.15, 0.2) is 5.96 Å². The highest BCUT2D eigenvalue weighted by Gasteiger charge is 2.11. The van der Waals surface area contributed by atoms with Crippen LogP contribution in [0.3, 0.4) is 0 Å². The molecular weight excluding hydrogens is 493 g/mol. The molecule has 0 aliphatic rings. The monoisotopic (exact) mass is 529 g/mol. The lowest BCUT2D eigenvalue weighted by Crippen LogP contribution is -2.40. The van der Waals surface area contributed by atoms with Crippen LogP contribution in [0.2, 0.25) is 0 Å². The Labute approximate surface area is 197 Å². The van der Waals surface area contributed by atoms with Crippen molar-refractivity contribution in [1.29, 1.82) is 0 Å². The fourth-order valence-corrected chi connectivity index (χ4v) is 3.22. The zero-order valence-corrected chi connectivity index (χ0v) is 20.8. The van der Waals surface area contributed by atoms with E-state index in [4.69, 9.17) is 4.74 Å². The van der Waals surface area contributed by atoms with Crippen molar-refractivity contribution < 1.29 is 9.84 Å². The van der Waals surface area contributed by atoms with Crippen LogP contribution in [0.4, 0.5) is 0 Å². The van der Waals surface area contributed by atoms with E-state index in [1.165, 1.54) is 0 Å². The van der Waals surface area contributed by atoms with Gasteiger partial charge >= 0.3 is 0 Å². The van der Waals surface area contributed by atoms with Crippen LogP contribution in [-0.2, 0) is 6.54 Å². The first-order chi connectivity index (χ1) is 14.0. The largest absolute Gasteiger partial charge is 0.497 e. The average Bonchev–Trinajstić information content (AvgIpc) is 3.19. The maximum absolute atomic E-state index is 9.30. The van der Waals surface area contributed by atoms with Crippen LogP contribution in [-0.4, -0.2) is 47.7 Å². The van der Waals surface area contributed by atoms with E-state index in [-0.39, 0.29) is 30.6 Å². The zero-order chi connectivity index (χ0) is 21.1. The minimum Gasteiger partial charge on any atom is -0.497 e. The number of methoxy groups -OCH3 is 1. The van der Waals surface area contributed by atoms with Crippen molar-refractivity contribution in [1.82, 2.24) is 20.4 Å². The molecule has 30 heavy (non-hydrogen) atoms. The molecule has 0 amide bonds. The maximum Gasteiger partial charge on any atom is 0.191 e. The number of hydrogen-bond donors (Lipinski definition) is 3. The summed E-state index contributed by atoms with van der Waals surface area (Å²) in [6, 6.07) is 9.76. The van der Waals surface area contributed by atoms with E-state index < -0.39 is 0 Å². The number of aliphatic imine (C=N–C) groups is 1. The van der Waals surface area contributed by atoms with Crippen molar-refractivity contribution in [3.63, 3.8) is 0 Å². The van der Waals surface area contributed by atoms with Crippen molar-refractivity contribution >= 4 is 29.9 Å². The van der Waals surface area contributed by atoms with Gasteiger partial charge in [-0.25, -0.2) is 9.67 Å². The van der Waals surface area contributed by atoms with E-state index in [0.717, 1.165) is 49.0 Å². The van der Waals surface area contributed by atoms with Crippen LogP contribution >= 0.6 is 24.0 Å². The summed E-state index contributed by atoms with van der Waals surface area (Å²) in [7, 11) is 1.66. The standard InChI is InChI=1S/C22H35N5O2.HI/c1-5-23-22(24-15-18(11-13-28)14-17(2)3)25-16-19-10-12-27(26-19)20-6-8-21(29-4)9-7-20;/h6-10,12,17-18,28H,5,11,13-16H2,1-4H3,(H2,23,24,25);1H. The Bertz CT molecular complexity index is 746. The highest BCUT2D eigenvalue weighted by atomic mass is 127. The predicted molar refractivity (Wildman–Crippen MR) is 133 cm³/mol. The molecule has 0 bridgehead atoms. The molecule has 0 radical (unpaired) electrons. The summed E-state index contributed by atoms with van der Waals surface area (Å²) in [5.41, 5.74) is 1.87. The van der Waals surface area contributed by atoms with Gasteiger partial charge in [-0.2, -0.15) is 5.10 Å². The Balaban J connectivity index is 0.00000450. The molecule has 0 aliphatic heterocycles. The van der Waals surface area contributed by atoms with E-state index in [0.29, 0.717) is 18.4 Å². The lowest BCUT2D eigenvalue weighted by atomic mass is 9.94. The van der Waals surface area contributed by atoms with Gasteiger partial charge in [-0.3, -0.25) is 0 Å². The number of nitrogens with one attached hydrogen (secondary N) is 2. The van der Waals surface area contributed by atoms with Gasteiger partial charge in [0, 0.05) is 25.9 Å². The molecule has 0 aliphatic carbocycles. The second-order valence-corrected chi connectivity index (χ2v) is 7.53. The Morgan fingerprint density at radius 2 is 1.93 bits per heavy atom. The van der Waals surface area contributed by atoms with E-state index in [1.807, 2.05) is 41.2 Å². The van der Waals surface area contributed by atoms with Crippen LogP contribution < -0.4 is 15.4 Å². The number of ether oxygens (including phenoxy) is 1. The molecule has 0 saturated heterocycles. The van der Waals surface area contributed by atoms with Gasteiger partial charge in [0.25, 0.3) is 0 Å². The summed E-state index contributed by atoms with van der Waals surface area (Å²) < 4.78 is 7.04. The molecule has 3 N–H and O–H groups in total. The molecule has 7 nitrogen and oxygen atoms in total. The van der Waals surface area contributed by atoms with Crippen LogP contribution in [0.1, 0.15) is 39.3 Å². The molecule has 2 aromatic rings. The van der Waals surface area contributed by atoms with Crippen LogP contribution in [0.5, 0.6) is 5.75 Å². The molecule has 0 fully saturated rings. The number of halogens is 1. The van der Waals surface area contributed by atoms with Crippen molar-refractivity contribution in [2.24, 2.45) is 16.8 Å². The molecule has 1 atom stereocenters. The van der Waals surface area contributed by atoms with E-state index >= 15 is 0 Å². The van der Waals surface area contributed by atoms with Gasteiger partial charge in [0.2, 0.25) is 0 Å². The normalized spacial score (nSPS) is 12.4. The fraction of sp³-hybridized carbons (Fsp3) is 0.545. The van der Waals surface area contributed by atoms with Crippen LogP contribution in [0.25, 0.3) is 5.69 Å². The summed E-state index contributed by atoms with van der Waals surface area (Å²) >= 11 is 0.